The molecule has 0 saturated heterocycles. The molecule has 2 rings (SSSR count). The largest absolute Gasteiger partial charge is 0.267 e. The van der Waals surface area contributed by atoms with Gasteiger partial charge in [0, 0.05) is 0 Å². The Labute approximate surface area is 79.4 Å². The van der Waals surface area contributed by atoms with Crippen LogP contribution in [0.2, 0.25) is 5.28 Å². The molecule has 0 fully saturated rings. The van der Waals surface area contributed by atoms with Crippen LogP contribution >= 0.6 is 11.6 Å². The molecule has 0 aliphatic carbocycles. The molecule has 5 nitrogen and oxygen atoms in total. The summed E-state index contributed by atoms with van der Waals surface area (Å²) in [5.74, 6) is 0.708. The molecule has 13 heavy (non-hydrogen) atoms. The number of hydrogen-bond acceptors (Lipinski definition) is 4. The maximum atomic E-state index is 5.81. The zero-order valence-electron chi connectivity index (χ0n) is 6.85. The van der Waals surface area contributed by atoms with Crippen molar-refractivity contribution in [3.05, 3.63) is 29.8 Å². The van der Waals surface area contributed by atoms with Gasteiger partial charge in [0.05, 0.1) is 18.1 Å². The fourth-order valence-corrected chi connectivity index (χ4v) is 1.29. The molecule has 0 aliphatic heterocycles. The van der Waals surface area contributed by atoms with Crippen molar-refractivity contribution in [1.29, 1.82) is 0 Å². The molecule has 0 unspecified atom stereocenters. The van der Waals surface area contributed by atoms with Crippen LogP contribution in [0.1, 0.15) is 5.82 Å². The first kappa shape index (κ1) is 8.12. The lowest BCUT2D eigenvalue weighted by molar-refractivity contribution is 0.946. The molecule has 2 heterocycles. The summed E-state index contributed by atoms with van der Waals surface area (Å²) in [6.45, 7) is 1.81. The Bertz CT molecular complexity index is 391. The van der Waals surface area contributed by atoms with Crippen LogP contribution in [0.15, 0.2) is 18.7 Å². The summed E-state index contributed by atoms with van der Waals surface area (Å²) < 4.78 is 1.67. The fourth-order valence-electron chi connectivity index (χ4n) is 1.04. The minimum Gasteiger partial charge on any atom is -0.267 e. The molecule has 0 aromatic carbocycles. The van der Waals surface area contributed by atoms with Crippen molar-refractivity contribution in [2.75, 3.05) is 0 Å². The van der Waals surface area contributed by atoms with Crippen molar-refractivity contribution in [1.82, 2.24) is 24.7 Å². The minimum absolute atomic E-state index is 0.312. The maximum Gasteiger partial charge on any atom is 0.229 e. The van der Waals surface area contributed by atoms with Gasteiger partial charge in [-0.3, -0.25) is 4.57 Å². The van der Waals surface area contributed by atoms with Gasteiger partial charge >= 0.3 is 0 Å². The van der Waals surface area contributed by atoms with Crippen LogP contribution in [0.4, 0.5) is 0 Å². The highest BCUT2D eigenvalue weighted by Crippen LogP contribution is 2.13. The van der Waals surface area contributed by atoms with E-state index >= 15 is 0 Å². The van der Waals surface area contributed by atoms with Gasteiger partial charge in [0.25, 0.3) is 0 Å². The van der Waals surface area contributed by atoms with Crippen molar-refractivity contribution in [2.24, 2.45) is 0 Å². The first-order chi connectivity index (χ1) is 6.29. The average Bonchev–Trinajstić information content (AvgIpc) is 2.48. The van der Waals surface area contributed by atoms with Crippen LogP contribution in [-0.2, 0) is 0 Å². The molecule has 0 atom stereocenters. The molecule has 0 bridgehead atoms. The Morgan fingerprint density at radius 3 is 2.46 bits per heavy atom. The smallest absolute Gasteiger partial charge is 0.229 e. The van der Waals surface area contributed by atoms with Crippen molar-refractivity contribution in [2.45, 2.75) is 6.92 Å². The number of rotatable bonds is 1. The van der Waals surface area contributed by atoms with Crippen molar-refractivity contribution >= 4 is 11.6 Å². The number of hydrogen-bond donors (Lipinski definition) is 0. The van der Waals surface area contributed by atoms with Gasteiger partial charge < -0.3 is 0 Å². The van der Waals surface area contributed by atoms with Crippen LogP contribution < -0.4 is 0 Å². The normalized spacial score (nSPS) is 10.3. The van der Waals surface area contributed by atoms with Gasteiger partial charge in [0.1, 0.15) is 12.2 Å². The summed E-state index contributed by atoms with van der Waals surface area (Å²) in [6, 6.07) is 0. The van der Waals surface area contributed by atoms with E-state index in [9.17, 15) is 0 Å². The van der Waals surface area contributed by atoms with Crippen LogP contribution in [0.3, 0.4) is 0 Å². The van der Waals surface area contributed by atoms with E-state index in [1.165, 1.54) is 6.33 Å². The van der Waals surface area contributed by atoms with Crippen molar-refractivity contribution in [3.63, 3.8) is 0 Å². The highest BCUT2D eigenvalue weighted by atomic mass is 35.5. The van der Waals surface area contributed by atoms with Gasteiger partial charge in [0.2, 0.25) is 5.28 Å². The molecule has 0 spiro atoms. The van der Waals surface area contributed by atoms with Gasteiger partial charge in [0.15, 0.2) is 0 Å². The zero-order chi connectivity index (χ0) is 9.26. The van der Waals surface area contributed by atoms with E-state index in [1.807, 2.05) is 6.92 Å². The summed E-state index contributed by atoms with van der Waals surface area (Å²) in [5, 5.41) is 7.85. The van der Waals surface area contributed by atoms with Crippen molar-refractivity contribution in [3.8, 4) is 5.69 Å². The third-order valence-corrected chi connectivity index (χ3v) is 1.84. The number of nitrogens with zero attached hydrogens (tertiary/aromatic N) is 5. The number of halogens is 1. The summed E-state index contributed by atoms with van der Waals surface area (Å²) in [6.07, 6.45) is 4.75. The Kier molecular flexibility index (Phi) is 1.94. The summed E-state index contributed by atoms with van der Waals surface area (Å²) in [5.41, 5.74) is 0.759. The molecule has 0 N–H and O–H groups in total. The predicted molar refractivity (Wildman–Crippen MR) is 46.7 cm³/mol. The molecule has 2 aromatic rings. The summed E-state index contributed by atoms with van der Waals surface area (Å²) in [7, 11) is 0. The van der Waals surface area contributed by atoms with Gasteiger partial charge in [-0.25, -0.2) is 9.97 Å². The van der Waals surface area contributed by atoms with E-state index in [1.54, 1.807) is 17.0 Å². The summed E-state index contributed by atoms with van der Waals surface area (Å²) in [4.78, 5) is 7.75. The average molecular weight is 196 g/mol. The Morgan fingerprint density at radius 1 is 1.23 bits per heavy atom. The molecule has 0 radical (unpaired) electrons. The highest BCUT2D eigenvalue weighted by molar-refractivity contribution is 6.28. The zero-order valence-corrected chi connectivity index (χ0v) is 7.60. The van der Waals surface area contributed by atoms with E-state index < -0.39 is 0 Å². The number of aromatic nitrogens is 5. The molecule has 0 saturated carbocycles. The van der Waals surface area contributed by atoms with Crippen molar-refractivity contribution < 1.29 is 0 Å². The Balaban J connectivity index is 2.59. The molecule has 2 aromatic heterocycles. The minimum atomic E-state index is 0.312. The topological polar surface area (TPSA) is 56.5 Å². The lowest BCUT2D eigenvalue weighted by Crippen LogP contribution is -1.98. The Hall–Kier alpha value is -1.49. The van der Waals surface area contributed by atoms with E-state index in [0.29, 0.717) is 11.1 Å². The first-order valence-corrected chi connectivity index (χ1v) is 4.00. The second-order valence-corrected chi connectivity index (χ2v) is 2.79. The maximum absolute atomic E-state index is 5.81. The number of aryl methyl sites for hydroxylation is 1. The summed E-state index contributed by atoms with van der Waals surface area (Å²) >= 11 is 5.81. The second-order valence-electron chi connectivity index (χ2n) is 2.45. The molecule has 6 heteroatoms. The standard InChI is InChI=1S/C7H6ClN5/c1-5-11-12-7(8)13(5)6-2-9-4-10-3-6/h2-4H,1H3. The van der Waals surface area contributed by atoms with Gasteiger partial charge in [-0.15, -0.1) is 10.2 Å². The van der Waals surface area contributed by atoms with Crippen LogP contribution in [-0.4, -0.2) is 24.7 Å². The lowest BCUT2D eigenvalue weighted by Gasteiger charge is -2.01. The van der Waals surface area contributed by atoms with E-state index in [4.69, 9.17) is 11.6 Å². The van der Waals surface area contributed by atoms with E-state index in [0.717, 1.165) is 5.69 Å². The van der Waals surface area contributed by atoms with Gasteiger partial charge in [-0.05, 0) is 18.5 Å². The van der Waals surface area contributed by atoms with Gasteiger partial charge in [-0.2, -0.15) is 0 Å². The monoisotopic (exact) mass is 195 g/mol. The first-order valence-electron chi connectivity index (χ1n) is 3.62. The third kappa shape index (κ3) is 1.38. The molecule has 66 valence electrons. The third-order valence-electron chi connectivity index (χ3n) is 1.59. The van der Waals surface area contributed by atoms with Crippen LogP contribution in [0, 0.1) is 6.92 Å². The lowest BCUT2D eigenvalue weighted by atomic mass is 10.5. The van der Waals surface area contributed by atoms with Crippen LogP contribution in [0.5, 0.6) is 0 Å². The quantitative estimate of drug-likeness (QED) is 0.682. The Morgan fingerprint density at radius 2 is 1.92 bits per heavy atom. The fraction of sp³-hybridized carbons (Fsp3) is 0.143. The van der Waals surface area contributed by atoms with E-state index in [2.05, 4.69) is 20.2 Å². The highest BCUT2D eigenvalue weighted by Gasteiger charge is 2.07. The predicted octanol–water partition coefficient (Wildman–Crippen LogP) is 1.02. The molecule has 0 amide bonds. The van der Waals surface area contributed by atoms with E-state index in [-0.39, 0.29) is 0 Å². The molecular formula is C7H6ClN5. The second kappa shape index (κ2) is 3.10. The van der Waals surface area contributed by atoms with Gasteiger partial charge in [-0.1, -0.05) is 0 Å². The molecule has 0 aliphatic rings. The SMILES string of the molecule is Cc1nnc(Cl)n1-c1cncnc1. The molecular weight excluding hydrogens is 190 g/mol. The van der Waals surface area contributed by atoms with Crippen LogP contribution in [0.25, 0.3) is 5.69 Å².